The molecule has 3 heterocycles. The van der Waals surface area contributed by atoms with Crippen LogP contribution < -0.4 is 0 Å². The highest BCUT2D eigenvalue weighted by Gasteiger charge is 2.33. The van der Waals surface area contributed by atoms with Crippen molar-refractivity contribution < 1.29 is 17.2 Å². The second-order valence-electron chi connectivity index (χ2n) is 6.65. The Morgan fingerprint density at radius 2 is 2.11 bits per heavy atom. The van der Waals surface area contributed by atoms with Gasteiger partial charge in [-0.05, 0) is 12.1 Å². The molecule has 142 valence electrons. The first-order valence-electron chi connectivity index (χ1n) is 8.54. The Morgan fingerprint density at radius 1 is 1.30 bits per heavy atom. The summed E-state index contributed by atoms with van der Waals surface area (Å²) in [5, 5.41) is 4.15. The molecule has 0 amide bonds. The van der Waals surface area contributed by atoms with Crippen LogP contribution in [0.3, 0.4) is 0 Å². The van der Waals surface area contributed by atoms with Crippen molar-refractivity contribution in [2.45, 2.75) is 12.6 Å². The average Bonchev–Trinajstić information content (AvgIpc) is 3.26. The van der Waals surface area contributed by atoms with Crippen molar-refractivity contribution >= 4 is 9.84 Å². The summed E-state index contributed by atoms with van der Waals surface area (Å²) in [7, 11) is -1.33. The van der Waals surface area contributed by atoms with Crippen LogP contribution in [0.25, 0.3) is 11.3 Å². The van der Waals surface area contributed by atoms with E-state index in [1.54, 1.807) is 36.1 Å². The summed E-state index contributed by atoms with van der Waals surface area (Å²) in [6.07, 6.45) is 4.99. The zero-order chi connectivity index (χ0) is 19.0. The van der Waals surface area contributed by atoms with Gasteiger partial charge in [-0.15, -0.1) is 0 Å². The van der Waals surface area contributed by atoms with Crippen molar-refractivity contribution in [3.8, 4) is 11.3 Å². The highest BCUT2D eigenvalue weighted by Crippen LogP contribution is 2.29. The van der Waals surface area contributed by atoms with Crippen molar-refractivity contribution in [1.82, 2.24) is 19.7 Å². The molecule has 1 unspecified atom stereocenters. The molecule has 0 spiro atoms. The molecule has 0 bridgehead atoms. The summed E-state index contributed by atoms with van der Waals surface area (Å²) in [4.78, 5) is 6.26. The van der Waals surface area contributed by atoms with E-state index >= 15 is 0 Å². The van der Waals surface area contributed by atoms with Gasteiger partial charge in [-0.25, -0.2) is 17.8 Å². The second-order valence-corrected chi connectivity index (χ2v) is 8.87. The molecule has 9 heteroatoms. The van der Waals surface area contributed by atoms with Gasteiger partial charge in [0, 0.05) is 25.4 Å². The predicted octanol–water partition coefficient (Wildman–Crippen LogP) is 2.19. The highest BCUT2D eigenvalue weighted by atomic mass is 32.2. The molecule has 0 saturated carbocycles. The fourth-order valence-electron chi connectivity index (χ4n) is 3.29. The quantitative estimate of drug-likeness (QED) is 0.679. The number of halogens is 1. The van der Waals surface area contributed by atoms with Crippen LogP contribution in [0.2, 0.25) is 0 Å². The number of sulfone groups is 1. The minimum absolute atomic E-state index is 0.0274. The lowest BCUT2D eigenvalue weighted by atomic mass is 10.1. The Labute approximate surface area is 156 Å². The van der Waals surface area contributed by atoms with Gasteiger partial charge in [0.05, 0.1) is 42.0 Å². The van der Waals surface area contributed by atoms with E-state index in [4.69, 9.17) is 4.42 Å². The molecule has 27 heavy (non-hydrogen) atoms. The number of rotatable bonds is 4. The summed E-state index contributed by atoms with van der Waals surface area (Å²) in [6, 6.07) is 6.02. The van der Waals surface area contributed by atoms with Crippen LogP contribution in [0.15, 0.2) is 47.3 Å². The maximum atomic E-state index is 13.9. The van der Waals surface area contributed by atoms with E-state index in [0.29, 0.717) is 30.3 Å². The molecular formula is C18H19FN4O3S. The van der Waals surface area contributed by atoms with Crippen LogP contribution in [-0.4, -0.2) is 46.1 Å². The van der Waals surface area contributed by atoms with Crippen LogP contribution in [0.1, 0.15) is 17.5 Å². The zero-order valence-electron chi connectivity index (χ0n) is 14.7. The van der Waals surface area contributed by atoms with E-state index in [0.717, 1.165) is 5.56 Å². The molecule has 0 N–H and O–H groups in total. The number of nitrogens with zero attached hydrogens (tertiary/aromatic N) is 4. The van der Waals surface area contributed by atoms with Crippen molar-refractivity contribution in [3.63, 3.8) is 0 Å². The maximum Gasteiger partial charge on any atom is 0.209 e. The Hall–Kier alpha value is -2.52. The number of hydrogen-bond acceptors (Lipinski definition) is 6. The van der Waals surface area contributed by atoms with Crippen molar-refractivity contribution in [2.24, 2.45) is 7.05 Å². The van der Waals surface area contributed by atoms with Gasteiger partial charge >= 0.3 is 0 Å². The van der Waals surface area contributed by atoms with Crippen LogP contribution in [0.5, 0.6) is 0 Å². The summed E-state index contributed by atoms with van der Waals surface area (Å²) < 4.78 is 45.6. The summed E-state index contributed by atoms with van der Waals surface area (Å²) in [5.74, 6) is 0.508. The minimum Gasteiger partial charge on any atom is -0.439 e. The lowest BCUT2D eigenvalue weighted by molar-refractivity contribution is 0.187. The molecular weight excluding hydrogens is 371 g/mol. The molecule has 4 rings (SSSR count). The number of benzene rings is 1. The fourth-order valence-corrected chi connectivity index (χ4v) is 4.86. The van der Waals surface area contributed by atoms with E-state index in [9.17, 15) is 12.8 Å². The fraction of sp³-hybridized carbons (Fsp3) is 0.333. The molecule has 1 fully saturated rings. The average molecular weight is 390 g/mol. The maximum absolute atomic E-state index is 13.9. The van der Waals surface area contributed by atoms with Crippen LogP contribution in [-0.2, 0) is 23.4 Å². The number of aryl methyl sites for hydroxylation is 1. The smallest absolute Gasteiger partial charge is 0.209 e. The van der Waals surface area contributed by atoms with Gasteiger partial charge in [-0.2, -0.15) is 5.10 Å². The molecule has 2 aromatic heterocycles. The largest absolute Gasteiger partial charge is 0.439 e. The third kappa shape index (κ3) is 3.79. The Bertz CT molecular complexity index is 1060. The molecule has 1 aliphatic heterocycles. The van der Waals surface area contributed by atoms with Crippen molar-refractivity contribution in [1.29, 1.82) is 0 Å². The SMILES string of the molecule is Cn1cc(C2CS(=O)(=O)CCN2Cc2ncc(-c3ccccc3F)o2)cn1. The summed E-state index contributed by atoms with van der Waals surface area (Å²) in [6.45, 7) is 0.711. The molecule has 1 aliphatic rings. The topological polar surface area (TPSA) is 81.2 Å². The zero-order valence-corrected chi connectivity index (χ0v) is 15.6. The van der Waals surface area contributed by atoms with Crippen molar-refractivity contribution in [2.75, 3.05) is 18.1 Å². The molecule has 0 radical (unpaired) electrons. The third-order valence-electron chi connectivity index (χ3n) is 4.68. The monoisotopic (exact) mass is 390 g/mol. The Kier molecular flexibility index (Phi) is 4.56. The summed E-state index contributed by atoms with van der Waals surface area (Å²) in [5.41, 5.74) is 1.18. The standard InChI is InChI=1S/C18H19FN4O3S/c1-22-10-13(8-21-22)16-12-27(24,25)7-6-23(16)11-18-20-9-17(26-18)14-4-2-3-5-15(14)19/h2-5,8-10,16H,6-7,11-12H2,1H3. The van der Waals surface area contributed by atoms with E-state index in [1.807, 2.05) is 11.1 Å². The first-order valence-corrected chi connectivity index (χ1v) is 10.4. The minimum atomic E-state index is -3.12. The molecule has 3 aromatic rings. The van der Waals surface area contributed by atoms with E-state index in [2.05, 4.69) is 10.1 Å². The molecule has 1 saturated heterocycles. The second kappa shape index (κ2) is 6.90. The first kappa shape index (κ1) is 17.9. The van der Waals surface area contributed by atoms with Gasteiger partial charge < -0.3 is 4.42 Å². The molecule has 1 aromatic carbocycles. The van der Waals surface area contributed by atoms with Gasteiger partial charge in [-0.1, -0.05) is 12.1 Å². The third-order valence-corrected chi connectivity index (χ3v) is 6.31. The van der Waals surface area contributed by atoms with Crippen LogP contribution in [0.4, 0.5) is 4.39 Å². The number of hydrogen-bond donors (Lipinski definition) is 0. The highest BCUT2D eigenvalue weighted by molar-refractivity contribution is 7.91. The Balaban J connectivity index is 1.58. The van der Waals surface area contributed by atoms with E-state index < -0.39 is 9.84 Å². The number of aromatic nitrogens is 3. The molecule has 7 nitrogen and oxygen atoms in total. The van der Waals surface area contributed by atoms with E-state index in [-0.39, 0.29) is 23.4 Å². The predicted molar refractivity (Wildman–Crippen MR) is 96.9 cm³/mol. The molecule has 0 aliphatic carbocycles. The van der Waals surface area contributed by atoms with E-state index in [1.165, 1.54) is 12.3 Å². The molecule has 1 atom stereocenters. The lowest BCUT2D eigenvalue weighted by Crippen LogP contribution is -2.42. The number of oxazole rings is 1. The van der Waals surface area contributed by atoms with Crippen LogP contribution in [0, 0.1) is 5.82 Å². The normalized spacial score (nSPS) is 20.0. The lowest BCUT2D eigenvalue weighted by Gasteiger charge is -2.33. The van der Waals surface area contributed by atoms with Gasteiger partial charge in [0.1, 0.15) is 5.82 Å². The van der Waals surface area contributed by atoms with Gasteiger partial charge in [-0.3, -0.25) is 9.58 Å². The van der Waals surface area contributed by atoms with Gasteiger partial charge in [0.15, 0.2) is 15.6 Å². The first-order chi connectivity index (χ1) is 12.9. The van der Waals surface area contributed by atoms with Gasteiger partial charge in [0.2, 0.25) is 5.89 Å². The Morgan fingerprint density at radius 3 is 2.85 bits per heavy atom. The summed E-state index contributed by atoms with van der Waals surface area (Å²) >= 11 is 0. The van der Waals surface area contributed by atoms with Crippen LogP contribution >= 0.6 is 0 Å². The van der Waals surface area contributed by atoms with Gasteiger partial charge in [0.25, 0.3) is 0 Å². The van der Waals surface area contributed by atoms with Crippen molar-refractivity contribution in [3.05, 3.63) is 60.1 Å².